The van der Waals surface area contributed by atoms with E-state index in [0.29, 0.717) is 28.5 Å². The van der Waals surface area contributed by atoms with Gasteiger partial charge in [-0.05, 0) is 43.3 Å². The highest BCUT2D eigenvalue weighted by atomic mass is 16.5. The smallest absolute Gasteiger partial charge is 0.357 e. The quantitative estimate of drug-likeness (QED) is 0.504. The topological polar surface area (TPSA) is 78.9 Å². The first kappa shape index (κ1) is 16.8. The number of hydrogen-bond donors (Lipinski definition) is 0. The van der Waals surface area contributed by atoms with Gasteiger partial charge in [-0.25, -0.2) is 9.78 Å². The molecule has 0 aliphatic rings. The van der Waals surface area contributed by atoms with Gasteiger partial charge in [0, 0.05) is 17.8 Å². The number of pyridine rings is 1. The predicted octanol–water partition coefficient (Wildman–Crippen LogP) is 3.66. The van der Waals surface area contributed by atoms with Crippen LogP contribution in [0.1, 0.15) is 21.9 Å². The number of fused-ring (bicyclic) bond motifs is 1. The molecule has 1 aromatic carbocycles. The maximum atomic E-state index is 12.5. The lowest BCUT2D eigenvalue weighted by atomic mass is 10.1. The Bertz CT molecular complexity index is 1100. The van der Waals surface area contributed by atoms with E-state index in [9.17, 15) is 4.79 Å². The van der Waals surface area contributed by atoms with E-state index in [2.05, 4.69) is 10.1 Å². The summed E-state index contributed by atoms with van der Waals surface area (Å²) in [7, 11) is 1.61. The lowest BCUT2D eigenvalue weighted by molar-refractivity contribution is 0.0455. The number of aryl methyl sites for hydroxylation is 1. The molecule has 0 fully saturated rings. The third-order valence-corrected chi connectivity index (χ3v) is 4.18. The van der Waals surface area contributed by atoms with Crippen molar-refractivity contribution in [2.45, 2.75) is 13.5 Å². The minimum Gasteiger partial charge on any atom is -0.497 e. The van der Waals surface area contributed by atoms with Crippen molar-refractivity contribution < 1.29 is 18.8 Å². The standard InChI is InChI=1S/C20H17N3O4/c1-13-19(23-10-4-3-5-18(23)21-13)20(24)26-12-15-11-17(27-22-15)14-6-8-16(25-2)9-7-14/h3-11H,12H2,1-2H3. The monoisotopic (exact) mass is 363 g/mol. The molecular formula is C20H17N3O4. The number of carbonyl (C=O) groups is 1. The second-order valence-electron chi connectivity index (χ2n) is 5.96. The molecule has 0 saturated carbocycles. The number of rotatable bonds is 5. The van der Waals surface area contributed by atoms with Gasteiger partial charge in [0.25, 0.3) is 0 Å². The summed E-state index contributed by atoms with van der Waals surface area (Å²) in [6.07, 6.45) is 1.78. The number of ether oxygens (including phenoxy) is 2. The van der Waals surface area contributed by atoms with E-state index < -0.39 is 5.97 Å². The molecule has 0 unspecified atom stereocenters. The van der Waals surface area contributed by atoms with Gasteiger partial charge in [-0.3, -0.25) is 4.40 Å². The molecular weight excluding hydrogens is 346 g/mol. The lowest BCUT2D eigenvalue weighted by Gasteiger charge is -2.03. The number of methoxy groups -OCH3 is 1. The molecule has 4 rings (SSSR count). The van der Waals surface area contributed by atoms with Crippen LogP contribution < -0.4 is 4.74 Å². The van der Waals surface area contributed by atoms with Gasteiger partial charge in [0.05, 0.1) is 12.8 Å². The van der Waals surface area contributed by atoms with Crippen LogP contribution in [-0.4, -0.2) is 27.6 Å². The average Bonchev–Trinajstić information content (AvgIpc) is 3.30. The van der Waals surface area contributed by atoms with E-state index in [0.717, 1.165) is 11.3 Å². The van der Waals surface area contributed by atoms with Crippen LogP contribution in [0.4, 0.5) is 0 Å². The summed E-state index contributed by atoms with van der Waals surface area (Å²) in [5.41, 5.74) is 3.11. The number of hydrogen-bond acceptors (Lipinski definition) is 6. The molecule has 27 heavy (non-hydrogen) atoms. The fourth-order valence-electron chi connectivity index (χ4n) is 2.84. The summed E-state index contributed by atoms with van der Waals surface area (Å²) >= 11 is 0. The van der Waals surface area contributed by atoms with Crippen molar-refractivity contribution in [3.63, 3.8) is 0 Å². The van der Waals surface area contributed by atoms with E-state index in [-0.39, 0.29) is 6.61 Å². The molecule has 0 spiro atoms. The van der Waals surface area contributed by atoms with Gasteiger partial charge in [0.2, 0.25) is 0 Å². The highest BCUT2D eigenvalue weighted by molar-refractivity contribution is 5.90. The Labute approximate surface area is 155 Å². The van der Waals surface area contributed by atoms with Gasteiger partial charge in [-0.1, -0.05) is 11.2 Å². The number of aromatic nitrogens is 3. The zero-order chi connectivity index (χ0) is 18.8. The van der Waals surface area contributed by atoms with E-state index in [1.807, 2.05) is 42.5 Å². The summed E-state index contributed by atoms with van der Waals surface area (Å²) in [4.78, 5) is 16.9. The fourth-order valence-corrected chi connectivity index (χ4v) is 2.84. The molecule has 3 aromatic heterocycles. The molecule has 7 nitrogen and oxygen atoms in total. The average molecular weight is 363 g/mol. The minimum atomic E-state index is -0.458. The Kier molecular flexibility index (Phi) is 4.33. The zero-order valence-electron chi connectivity index (χ0n) is 14.9. The Morgan fingerprint density at radius 2 is 2.00 bits per heavy atom. The van der Waals surface area contributed by atoms with Crippen molar-refractivity contribution in [3.8, 4) is 17.1 Å². The molecule has 3 heterocycles. The molecule has 0 amide bonds. The maximum Gasteiger partial charge on any atom is 0.357 e. The Morgan fingerprint density at radius 1 is 1.19 bits per heavy atom. The third kappa shape index (κ3) is 3.27. The van der Waals surface area contributed by atoms with Crippen molar-refractivity contribution >= 4 is 11.6 Å². The van der Waals surface area contributed by atoms with E-state index >= 15 is 0 Å². The van der Waals surface area contributed by atoms with Crippen LogP contribution in [0.25, 0.3) is 17.0 Å². The SMILES string of the molecule is COc1ccc(-c2cc(COC(=O)c3c(C)nc4ccccn34)no2)cc1. The van der Waals surface area contributed by atoms with Crippen LogP contribution in [0.15, 0.2) is 59.3 Å². The second kappa shape index (κ2) is 6.95. The molecule has 7 heteroatoms. The number of esters is 1. The highest BCUT2D eigenvalue weighted by Crippen LogP contribution is 2.23. The predicted molar refractivity (Wildman–Crippen MR) is 97.5 cm³/mol. The first-order valence-corrected chi connectivity index (χ1v) is 8.36. The summed E-state index contributed by atoms with van der Waals surface area (Å²) in [5.74, 6) is 0.894. The molecule has 0 bridgehead atoms. The molecule has 136 valence electrons. The van der Waals surface area contributed by atoms with Gasteiger partial charge < -0.3 is 14.0 Å². The second-order valence-corrected chi connectivity index (χ2v) is 5.96. The molecule has 0 radical (unpaired) electrons. The highest BCUT2D eigenvalue weighted by Gasteiger charge is 2.18. The molecule has 4 aromatic rings. The van der Waals surface area contributed by atoms with Crippen molar-refractivity contribution in [1.29, 1.82) is 0 Å². The number of benzene rings is 1. The van der Waals surface area contributed by atoms with Crippen molar-refractivity contribution in [1.82, 2.24) is 14.5 Å². The van der Waals surface area contributed by atoms with Crippen molar-refractivity contribution in [2.24, 2.45) is 0 Å². The fraction of sp³-hybridized carbons (Fsp3) is 0.150. The van der Waals surface area contributed by atoms with Crippen molar-refractivity contribution in [3.05, 3.63) is 71.8 Å². The third-order valence-electron chi connectivity index (χ3n) is 4.18. The Balaban J connectivity index is 1.48. The van der Waals surface area contributed by atoms with Gasteiger partial charge in [-0.15, -0.1) is 0 Å². The molecule has 0 atom stereocenters. The molecule has 0 aliphatic carbocycles. The largest absolute Gasteiger partial charge is 0.497 e. The van der Waals surface area contributed by atoms with E-state index in [1.54, 1.807) is 30.7 Å². The van der Waals surface area contributed by atoms with Gasteiger partial charge >= 0.3 is 5.97 Å². The summed E-state index contributed by atoms with van der Waals surface area (Å²) in [6.45, 7) is 1.79. The Morgan fingerprint density at radius 3 is 2.78 bits per heavy atom. The van der Waals surface area contributed by atoms with Crippen LogP contribution >= 0.6 is 0 Å². The normalized spacial score (nSPS) is 10.9. The minimum absolute atomic E-state index is 0.0119. The summed E-state index contributed by atoms with van der Waals surface area (Å²) in [5, 5.41) is 3.97. The summed E-state index contributed by atoms with van der Waals surface area (Å²) in [6, 6.07) is 14.7. The number of imidazole rings is 1. The first-order valence-electron chi connectivity index (χ1n) is 8.36. The van der Waals surface area contributed by atoms with Crippen LogP contribution in [0, 0.1) is 6.92 Å². The van der Waals surface area contributed by atoms with Crippen LogP contribution in [0.5, 0.6) is 5.75 Å². The van der Waals surface area contributed by atoms with Gasteiger partial charge in [-0.2, -0.15) is 0 Å². The summed E-state index contributed by atoms with van der Waals surface area (Å²) < 4.78 is 17.6. The molecule has 0 aliphatic heterocycles. The lowest BCUT2D eigenvalue weighted by Crippen LogP contribution is -2.09. The maximum absolute atomic E-state index is 12.5. The zero-order valence-corrected chi connectivity index (χ0v) is 14.9. The Hall–Kier alpha value is -3.61. The van der Waals surface area contributed by atoms with Crippen LogP contribution in [-0.2, 0) is 11.3 Å². The molecule has 0 N–H and O–H groups in total. The number of nitrogens with zero attached hydrogens (tertiary/aromatic N) is 3. The van der Waals surface area contributed by atoms with E-state index in [4.69, 9.17) is 14.0 Å². The van der Waals surface area contributed by atoms with Crippen molar-refractivity contribution in [2.75, 3.05) is 7.11 Å². The van der Waals surface area contributed by atoms with Gasteiger partial charge in [0.15, 0.2) is 11.5 Å². The van der Waals surface area contributed by atoms with Gasteiger partial charge in [0.1, 0.15) is 23.7 Å². The molecule has 0 saturated heterocycles. The van der Waals surface area contributed by atoms with Crippen LogP contribution in [0.3, 0.4) is 0 Å². The first-order chi connectivity index (χ1) is 13.2. The van der Waals surface area contributed by atoms with E-state index in [1.165, 1.54) is 0 Å². The number of carbonyl (C=O) groups excluding carboxylic acids is 1. The van der Waals surface area contributed by atoms with Crippen LogP contribution in [0.2, 0.25) is 0 Å².